The average Bonchev–Trinajstić information content (AvgIpc) is 2.31. The van der Waals surface area contributed by atoms with Gasteiger partial charge in [0.2, 0.25) is 0 Å². The molecule has 0 N–H and O–H groups in total. The zero-order chi connectivity index (χ0) is 7.84. The Bertz CT molecular complexity index is 398. The van der Waals surface area contributed by atoms with Crippen molar-refractivity contribution in [2.45, 2.75) is 5.03 Å². The number of fused-ring (bicyclic) bond motifs is 1. The Morgan fingerprint density at radius 3 is 3.09 bits per heavy atom. The highest BCUT2D eigenvalue weighted by molar-refractivity contribution is 14.1. The molecule has 5 heteroatoms. The van der Waals surface area contributed by atoms with Gasteiger partial charge < -0.3 is 4.40 Å². The summed E-state index contributed by atoms with van der Waals surface area (Å²) in [5, 5.41) is 0.662. The third kappa shape index (κ3) is 1.22. The van der Waals surface area contributed by atoms with E-state index in [9.17, 15) is 0 Å². The van der Waals surface area contributed by atoms with E-state index in [1.807, 2.05) is 16.8 Å². The number of nitrogens with zero attached hydrogens (tertiary/aromatic N) is 3. The standard InChI is InChI=1S/C6H4IN3S/c7-4-3-10-2-1-8-6(11)5(10)9-4/h1-3H,(H,8,11). The molecule has 0 atom stereocenters. The minimum atomic E-state index is 0.662. The van der Waals surface area contributed by atoms with Crippen LogP contribution in [0.3, 0.4) is 0 Å². The van der Waals surface area contributed by atoms with Gasteiger partial charge in [-0.25, -0.2) is 9.97 Å². The van der Waals surface area contributed by atoms with Gasteiger partial charge >= 0.3 is 0 Å². The lowest BCUT2D eigenvalue weighted by Crippen LogP contribution is -1.85. The van der Waals surface area contributed by atoms with Gasteiger partial charge in [0, 0.05) is 18.6 Å². The Labute approximate surface area is 82.4 Å². The van der Waals surface area contributed by atoms with Gasteiger partial charge in [-0.05, 0) is 22.6 Å². The zero-order valence-electron chi connectivity index (χ0n) is 5.40. The van der Waals surface area contributed by atoms with Crippen LogP contribution in [0.25, 0.3) is 5.65 Å². The van der Waals surface area contributed by atoms with Crippen LogP contribution in [0.1, 0.15) is 0 Å². The summed E-state index contributed by atoms with van der Waals surface area (Å²) in [4.78, 5) is 8.22. The molecular weight excluding hydrogens is 273 g/mol. The summed E-state index contributed by atoms with van der Waals surface area (Å²) in [5.41, 5.74) is 0.806. The maximum Gasteiger partial charge on any atom is 0.170 e. The first-order valence-electron chi connectivity index (χ1n) is 2.95. The molecule has 11 heavy (non-hydrogen) atoms. The van der Waals surface area contributed by atoms with Crippen molar-refractivity contribution in [1.29, 1.82) is 0 Å². The number of hydrogen-bond acceptors (Lipinski definition) is 3. The van der Waals surface area contributed by atoms with Crippen LogP contribution in [-0.2, 0) is 0 Å². The van der Waals surface area contributed by atoms with Crippen LogP contribution in [0.4, 0.5) is 0 Å². The van der Waals surface area contributed by atoms with E-state index in [1.165, 1.54) is 0 Å². The number of imidazole rings is 1. The van der Waals surface area contributed by atoms with Gasteiger partial charge in [-0.2, -0.15) is 0 Å². The Morgan fingerprint density at radius 1 is 1.55 bits per heavy atom. The molecule has 0 aromatic carbocycles. The molecule has 3 nitrogen and oxygen atoms in total. The number of aromatic nitrogens is 3. The van der Waals surface area contributed by atoms with Gasteiger partial charge in [-0.3, -0.25) is 0 Å². The van der Waals surface area contributed by atoms with E-state index < -0.39 is 0 Å². The van der Waals surface area contributed by atoms with Crippen molar-refractivity contribution in [3.63, 3.8) is 0 Å². The number of hydrogen-bond donors (Lipinski definition) is 1. The quantitative estimate of drug-likeness (QED) is 0.586. The first-order chi connectivity index (χ1) is 5.27. The molecule has 0 radical (unpaired) electrons. The number of thiol groups is 1. The lowest BCUT2D eigenvalue weighted by atomic mass is 10.7. The lowest BCUT2D eigenvalue weighted by Gasteiger charge is -1.92. The molecule has 0 fully saturated rings. The van der Waals surface area contributed by atoms with Crippen LogP contribution in [-0.4, -0.2) is 14.4 Å². The summed E-state index contributed by atoms with van der Waals surface area (Å²) >= 11 is 6.32. The monoisotopic (exact) mass is 277 g/mol. The van der Waals surface area contributed by atoms with Crippen molar-refractivity contribution in [1.82, 2.24) is 14.4 Å². The Kier molecular flexibility index (Phi) is 1.76. The SMILES string of the molecule is Sc1nccn2cc(I)nc12. The molecule has 0 unspecified atom stereocenters. The maximum atomic E-state index is 4.22. The topological polar surface area (TPSA) is 30.2 Å². The first kappa shape index (κ1) is 7.35. The van der Waals surface area contributed by atoms with Gasteiger partial charge in [0.1, 0.15) is 8.73 Å². The molecule has 0 bridgehead atoms. The molecule has 0 spiro atoms. The van der Waals surface area contributed by atoms with Crippen LogP contribution in [0, 0.1) is 3.70 Å². The second-order valence-electron chi connectivity index (χ2n) is 2.05. The Hall–Kier alpha value is -0.300. The third-order valence-electron chi connectivity index (χ3n) is 1.33. The minimum Gasteiger partial charge on any atom is -0.302 e. The van der Waals surface area contributed by atoms with E-state index in [4.69, 9.17) is 0 Å². The predicted octanol–water partition coefficient (Wildman–Crippen LogP) is 1.62. The average molecular weight is 277 g/mol. The van der Waals surface area contributed by atoms with E-state index in [1.54, 1.807) is 6.20 Å². The highest BCUT2D eigenvalue weighted by Crippen LogP contribution is 2.12. The van der Waals surface area contributed by atoms with E-state index in [-0.39, 0.29) is 0 Å². The Balaban J connectivity index is 2.90. The molecule has 0 aliphatic carbocycles. The van der Waals surface area contributed by atoms with Crippen molar-refractivity contribution in [3.8, 4) is 0 Å². The first-order valence-corrected chi connectivity index (χ1v) is 4.48. The van der Waals surface area contributed by atoms with Crippen molar-refractivity contribution in [2.75, 3.05) is 0 Å². The normalized spacial score (nSPS) is 10.7. The summed E-state index contributed by atoms with van der Waals surface area (Å²) < 4.78 is 2.85. The van der Waals surface area contributed by atoms with E-state index in [0.717, 1.165) is 9.35 Å². The van der Waals surface area contributed by atoms with Crippen molar-refractivity contribution in [2.24, 2.45) is 0 Å². The number of rotatable bonds is 0. The molecule has 2 aromatic heterocycles. The van der Waals surface area contributed by atoms with Gasteiger partial charge in [0.25, 0.3) is 0 Å². The molecule has 2 aromatic rings. The highest BCUT2D eigenvalue weighted by Gasteiger charge is 2.00. The van der Waals surface area contributed by atoms with E-state index in [0.29, 0.717) is 5.03 Å². The van der Waals surface area contributed by atoms with Crippen molar-refractivity contribution >= 4 is 40.9 Å². The molecule has 0 amide bonds. The Morgan fingerprint density at radius 2 is 2.36 bits per heavy atom. The van der Waals surface area contributed by atoms with Crippen LogP contribution in [0.15, 0.2) is 23.6 Å². The molecule has 0 saturated heterocycles. The summed E-state index contributed by atoms with van der Waals surface area (Å²) in [6.45, 7) is 0. The van der Waals surface area contributed by atoms with Crippen molar-refractivity contribution < 1.29 is 0 Å². The molecule has 56 valence electrons. The maximum absolute atomic E-state index is 4.22. The minimum absolute atomic E-state index is 0.662. The number of halogens is 1. The van der Waals surface area contributed by atoms with E-state index in [2.05, 4.69) is 45.2 Å². The van der Waals surface area contributed by atoms with Crippen LogP contribution >= 0.6 is 35.2 Å². The van der Waals surface area contributed by atoms with Crippen LogP contribution < -0.4 is 0 Å². The fraction of sp³-hybridized carbons (Fsp3) is 0. The molecule has 0 saturated carbocycles. The van der Waals surface area contributed by atoms with Crippen LogP contribution in [0.5, 0.6) is 0 Å². The largest absolute Gasteiger partial charge is 0.302 e. The zero-order valence-corrected chi connectivity index (χ0v) is 8.45. The molecule has 0 aliphatic rings. The summed E-state index contributed by atoms with van der Waals surface area (Å²) in [6, 6.07) is 0. The fourth-order valence-electron chi connectivity index (χ4n) is 0.876. The van der Waals surface area contributed by atoms with E-state index >= 15 is 0 Å². The van der Waals surface area contributed by atoms with Crippen molar-refractivity contribution in [3.05, 3.63) is 22.3 Å². The van der Waals surface area contributed by atoms with Gasteiger partial charge in [0.15, 0.2) is 5.65 Å². The molecular formula is C6H4IN3S. The smallest absolute Gasteiger partial charge is 0.170 e. The summed E-state index contributed by atoms with van der Waals surface area (Å²) in [5.74, 6) is 0. The third-order valence-corrected chi connectivity index (χ3v) is 2.16. The second kappa shape index (κ2) is 2.63. The molecule has 2 rings (SSSR count). The highest BCUT2D eigenvalue weighted by atomic mass is 127. The molecule has 2 heterocycles. The predicted molar refractivity (Wildman–Crippen MR) is 53.0 cm³/mol. The fourth-order valence-corrected chi connectivity index (χ4v) is 1.64. The van der Waals surface area contributed by atoms with Gasteiger partial charge in [-0.1, -0.05) is 0 Å². The molecule has 0 aliphatic heterocycles. The van der Waals surface area contributed by atoms with Gasteiger partial charge in [0.05, 0.1) is 0 Å². The summed E-state index contributed by atoms with van der Waals surface area (Å²) in [7, 11) is 0. The summed E-state index contributed by atoms with van der Waals surface area (Å²) in [6.07, 6.45) is 5.48. The van der Waals surface area contributed by atoms with Crippen LogP contribution in [0.2, 0.25) is 0 Å². The van der Waals surface area contributed by atoms with Gasteiger partial charge in [-0.15, -0.1) is 12.6 Å². The lowest BCUT2D eigenvalue weighted by molar-refractivity contribution is 1.04. The second-order valence-corrected chi connectivity index (χ2v) is 3.57.